The number of nitrogens with zero attached hydrogens (tertiary/aromatic N) is 3. The fraction of sp³-hybridized carbons (Fsp3) is 0.0714. The summed E-state index contributed by atoms with van der Waals surface area (Å²) in [7, 11) is -3.91. The fourth-order valence-electron chi connectivity index (χ4n) is 1.93. The van der Waals surface area contributed by atoms with Gasteiger partial charge in [-0.05, 0) is 36.4 Å². The second-order valence-electron chi connectivity index (χ2n) is 4.73. The smallest absolute Gasteiger partial charge is 0.265 e. The molecular formula is C14H12N4O3S. The molecule has 0 aliphatic heterocycles. The number of hydrogen-bond acceptors (Lipinski definition) is 5. The van der Waals surface area contributed by atoms with Gasteiger partial charge in [0.15, 0.2) is 0 Å². The number of fused-ring (bicyclic) bond motifs is 1. The lowest BCUT2D eigenvalue weighted by molar-refractivity contribution is 0.585. The van der Waals surface area contributed by atoms with Crippen LogP contribution in [0.3, 0.4) is 0 Å². The predicted octanol–water partition coefficient (Wildman–Crippen LogP) is 1.03. The lowest BCUT2D eigenvalue weighted by atomic mass is 10.2. The first-order valence-corrected chi connectivity index (χ1v) is 7.90. The molecule has 0 aliphatic carbocycles. The Morgan fingerprint density at radius 3 is 2.45 bits per heavy atom. The van der Waals surface area contributed by atoms with E-state index in [9.17, 15) is 13.2 Å². The van der Waals surface area contributed by atoms with Crippen molar-refractivity contribution in [1.29, 1.82) is 0 Å². The maximum atomic E-state index is 12.3. The number of hydrogen-bond donors (Lipinski definition) is 1. The molecule has 0 aliphatic rings. The van der Waals surface area contributed by atoms with Crippen molar-refractivity contribution in [3.05, 3.63) is 64.4 Å². The van der Waals surface area contributed by atoms with Crippen LogP contribution in [0.4, 0.5) is 0 Å². The maximum absolute atomic E-state index is 12.3. The summed E-state index contributed by atoms with van der Waals surface area (Å²) in [6, 6.07) is 12.8. The van der Waals surface area contributed by atoms with Crippen LogP contribution in [0.15, 0.2) is 58.2 Å². The Morgan fingerprint density at radius 1 is 1.05 bits per heavy atom. The molecule has 0 amide bonds. The molecule has 3 aromatic rings. The summed E-state index contributed by atoms with van der Waals surface area (Å²) in [4.78, 5) is 15.0. The molecule has 1 heterocycles. The van der Waals surface area contributed by atoms with E-state index in [2.05, 4.69) is 15.1 Å². The summed E-state index contributed by atoms with van der Waals surface area (Å²) < 4.78 is 24.5. The average Bonchev–Trinajstić information content (AvgIpc) is 2.51. The number of aromatic nitrogens is 3. The van der Waals surface area contributed by atoms with Gasteiger partial charge >= 0.3 is 0 Å². The maximum Gasteiger partial charge on any atom is 0.297 e. The van der Waals surface area contributed by atoms with E-state index >= 15 is 0 Å². The summed E-state index contributed by atoms with van der Waals surface area (Å²) in [5, 5.41) is 7.70. The molecule has 1 aromatic heterocycles. The Bertz CT molecular complexity index is 995. The summed E-state index contributed by atoms with van der Waals surface area (Å²) >= 11 is 0. The zero-order valence-electron chi connectivity index (χ0n) is 11.6. The van der Waals surface area contributed by atoms with E-state index in [-0.39, 0.29) is 10.3 Å². The minimum atomic E-state index is -3.91. The van der Waals surface area contributed by atoms with Crippen LogP contribution < -0.4 is 10.4 Å². The van der Waals surface area contributed by atoms with Gasteiger partial charge in [-0.3, -0.25) is 4.79 Å². The van der Waals surface area contributed by atoms with Gasteiger partial charge < -0.3 is 0 Å². The summed E-state index contributed by atoms with van der Waals surface area (Å²) in [5.74, 6) is 0. The Kier molecular flexibility index (Phi) is 3.38. The Labute approximate surface area is 126 Å². The number of benzene rings is 2. The highest BCUT2D eigenvalue weighted by Crippen LogP contribution is 2.10. The van der Waals surface area contributed by atoms with Crippen LogP contribution in [0.25, 0.3) is 10.9 Å². The molecule has 0 fully saturated rings. The van der Waals surface area contributed by atoms with Gasteiger partial charge in [-0.15, -0.1) is 9.89 Å². The third kappa shape index (κ3) is 2.56. The molecule has 2 aromatic carbocycles. The van der Waals surface area contributed by atoms with Crippen molar-refractivity contribution in [2.24, 2.45) is 0 Å². The molecule has 7 nitrogen and oxygen atoms in total. The molecule has 22 heavy (non-hydrogen) atoms. The van der Waals surface area contributed by atoms with E-state index in [1.165, 1.54) is 12.1 Å². The summed E-state index contributed by atoms with van der Waals surface area (Å²) in [5.41, 5.74) is 0.751. The van der Waals surface area contributed by atoms with Gasteiger partial charge in [0, 0.05) is 0 Å². The van der Waals surface area contributed by atoms with Gasteiger partial charge in [0.2, 0.25) is 0 Å². The van der Waals surface area contributed by atoms with Crippen molar-refractivity contribution in [3.63, 3.8) is 0 Å². The van der Waals surface area contributed by atoms with Gasteiger partial charge in [-0.25, -0.2) is 0 Å². The van der Waals surface area contributed by atoms with Crippen LogP contribution in [-0.4, -0.2) is 23.5 Å². The first-order chi connectivity index (χ1) is 10.5. The van der Waals surface area contributed by atoms with Gasteiger partial charge in [-0.1, -0.05) is 29.8 Å². The van der Waals surface area contributed by atoms with Crippen molar-refractivity contribution in [2.75, 3.05) is 4.83 Å². The van der Waals surface area contributed by atoms with E-state index < -0.39 is 15.6 Å². The molecule has 0 saturated carbocycles. The molecule has 112 valence electrons. The monoisotopic (exact) mass is 316 g/mol. The topological polar surface area (TPSA) is 93.9 Å². The molecule has 3 rings (SSSR count). The van der Waals surface area contributed by atoms with E-state index in [1.807, 2.05) is 6.92 Å². The standard InChI is InChI=1S/C14H12N4O3S/c1-10-6-8-11(9-7-10)22(20,21)17-18-14(19)12-4-2-3-5-13(12)15-16-18/h2-9,17H,1H3. The zero-order chi connectivity index (χ0) is 15.7. The molecule has 0 saturated heterocycles. The van der Waals surface area contributed by atoms with Crippen molar-refractivity contribution >= 4 is 20.9 Å². The predicted molar refractivity (Wildman–Crippen MR) is 81.5 cm³/mol. The lowest BCUT2D eigenvalue weighted by Gasteiger charge is -2.09. The number of nitrogens with one attached hydrogen (secondary N) is 1. The highest BCUT2D eigenvalue weighted by Gasteiger charge is 2.16. The molecule has 0 radical (unpaired) electrons. The second kappa shape index (κ2) is 5.23. The van der Waals surface area contributed by atoms with E-state index in [0.29, 0.717) is 10.3 Å². The quantitative estimate of drug-likeness (QED) is 0.779. The van der Waals surface area contributed by atoms with Gasteiger partial charge in [0.05, 0.1) is 10.3 Å². The summed E-state index contributed by atoms with van der Waals surface area (Å²) in [6.07, 6.45) is 0. The Morgan fingerprint density at radius 2 is 1.73 bits per heavy atom. The first kappa shape index (κ1) is 14.2. The van der Waals surface area contributed by atoms with Crippen molar-refractivity contribution in [1.82, 2.24) is 15.1 Å². The molecule has 0 atom stereocenters. The van der Waals surface area contributed by atoms with Crippen molar-refractivity contribution in [2.45, 2.75) is 11.8 Å². The lowest BCUT2D eigenvalue weighted by Crippen LogP contribution is -2.35. The first-order valence-electron chi connectivity index (χ1n) is 6.42. The molecule has 0 unspecified atom stereocenters. The van der Waals surface area contributed by atoms with E-state index in [1.54, 1.807) is 36.4 Å². The normalized spacial score (nSPS) is 11.5. The van der Waals surface area contributed by atoms with Crippen LogP contribution in [0, 0.1) is 6.92 Å². The largest absolute Gasteiger partial charge is 0.297 e. The minimum absolute atomic E-state index is 0.0416. The van der Waals surface area contributed by atoms with Gasteiger partial charge in [0.1, 0.15) is 5.52 Å². The number of sulfonamides is 1. The molecule has 1 N–H and O–H groups in total. The van der Waals surface area contributed by atoms with Crippen LogP contribution in [-0.2, 0) is 10.0 Å². The zero-order valence-corrected chi connectivity index (χ0v) is 12.4. The van der Waals surface area contributed by atoms with Gasteiger partial charge in [-0.2, -0.15) is 13.2 Å². The SMILES string of the molecule is Cc1ccc(S(=O)(=O)Nn2nnc3ccccc3c2=O)cc1. The number of aryl methyl sites for hydroxylation is 1. The average molecular weight is 316 g/mol. The Hall–Kier alpha value is -2.74. The molecule has 0 spiro atoms. The van der Waals surface area contributed by atoms with Crippen LogP contribution >= 0.6 is 0 Å². The third-order valence-electron chi connectivity index (χ3n) is 3.11. The molecule has 0 bridgehead atoms. The van der Waals surface area contributed by atoms with E-state index in [0.717, 1.165) is 5.56 Å². The second-order valence-corrected chi connectivity index (χ2v) is 6.39. The van der Waals surface area contributed by atoms with Crippen molar-refractivity contribution < 1.29 is 8.42 Å². The van der Waals surface area contributed by atoms with Gasteiger partial charge in [0.25, 0.3) is 15.6 Å². The number of rotatable bonds is 3. The minimum Gasteiger partial charge on any atom is -0.265 e. The molecule has 8 heteroatoms. The van der Waals surface area contributed by atoms with Crippen LogP contribution in [0.1, 0.15) is 5.56 Å². The summed E-state index contributed by atoms with van der Waals surface area (Å²) in [6.45, 7) is 1.85. The molecular weight excluding hydrogens is 304 g/mol. The van der Waals surface area contributed by atoms with Crippen LogP contribution in [0.2, 0.25) is 0 Å². The highest BCUT2D eigenvalue weighted by molar-refractivity contribution is 7.92. The third-order valence-corrected chi connectivity index (χ3v) is 4.41. The van der Waals surface area contributed by atoms with Crippen molar-refractivity contribution in [3.8, 4) is 0 Å². The Balaban J connectivity index is 2.04. The fourth-order valence-corrected chi connectivity index (χ4v) is 2.88. The van der Waals surface area contributed by atoms with Crippen LogP contribution in [0.5, 0.6) is 0 Å². The van der Waals surface area contributed by atoms with E-state index in [4.69, 9.17) is 0 Å². The highest BCUT2D eigenvalue weighted by atomic mass is 32.2.